The minimum atomic E-state index is 0.877. The molecule has 0 aromatic heterocycles. The molecule has 0 aliphatic rings. The van der Waals surface area contributed by atoms with Gasteiger partial charge in [-0.05, 0) is 30.7 Å². The van der Waals surface area contributed by atoms with Crippen LogP contribution in [0.25, 0.3) is 6.08 Å². The lowest BCUT2D eigenvalue weighted by Gasteiger charge is -2.10. The fourth-order valence-corrected chi connectivity index (χ4v) is 1.85. The first-order chi connectivity index (χ1) is 11.8. The number of aryl methyl sites for hydroxylation is 1. The number of hydrogen-bond acceptors (Lipinski definition) is 3. The molecule has 24 heavy (non-hydrogen) atoms. The minimum absolute atomic E-state index is 0.877. The highest BCUT2D eigenvalue weighted by Gasteiger charge is 1.95. The lowest BCUT2D eigenvalue weighted by molar-refractivity contribution is 0.711. The van der Waals surface area contributed by atoms with Crippen molar-refractivity contribution >= 4 is 11.8 Å². The van der Waals surface area contributed by atoms with E-state index in [0.717, 1.165) is 30.8 Å². The molecule has 3 N–H and O–H groups in total. The molecule has 0 spiro atoms. The Kier molecular flexibility index (Phi) is 14.4. The van der Waals surface area contributed by atoms with E-state index in [9.17, 15) is 0 Å². The molecule has 0 aliphatic carbocycles. The van der Waals surface area contributed by atoms with Gasteiger partial charge < -0.3 is 10.7 Å². The van der Waals surface area contributed by atoms with Gasteiger partial charge in [-0.3, -0.25) is 0 Å². The lowest BCUT2D eigenvalue weighted by atomic mass is 10.2. The number of hydrazine groups is 1. The molecule has 0 radical (unpaired) electrons. The van der Waals surface area contributed by atoms with Gasteiger partial charge in [0.1, 0.15) is 0 Å². The third-order valence-corrected chi connectivity index (χ3v) is 3.15. The molecular formula is C21H33N3. The van der Waals surface area contributed by atoms with Crippen molar-refractivity contribution in [1.29, 1.82) is 0 Å². The predicted molar refractivity (Wildman–Crippen MR) is 109 cm³/mol. The van der Waals surface area contributed by atoms with Crippen LogP contribution < -0.4 is 16.2 Å². The van der Waals surface area contributed by atoms with E-state index in [-0.39, 0.29) is 0 Å². The number of likely N-dealkylation sites (N-methyl/N-ethyl adjacent to an activating group) is 1. The molecule has 0 saturated heterocycles. The smallest absolute Gasteiger partial charge is 0.0559 e. The summed E-state index contributed by atoms with van der Waals surface area (Å²) in [5.41, 5.74) is 9.82. The van der Waals surface area contributed by atoms with Crippen LogP contribution in [0.15, 0.2) is 61.2 Å². The Balaban J connectivity index is 0.000000447. The Morgan fingerprint density at radius 1 is 0.917 bits per heavy atom. The Labute approximate surface area is 148 Å². The van der Waals surface area contributed by atoms with Crippen molar-refractivity contribution in [2.75, 3.05) is 25.6 Å². The zero-order valence-electron chi connectivity index (χ0n) is 15.6. The quantitative estimate of drug-likeness (QED) is 0.508. The summed E-state index contributed by atoms with van der Waals surface area (Å²) in [5, 5.41) is 3.06. The molecular weight excluding hydrogens is 294 g/mol. The molecule has 3 heteroatoms. The number of para-hydroxylation sites is 1. The zero-order chi connectivity index (χ0) is 18.0. The van der Waals surface area contributed by atoms with Crippen molar-refractivity contribution in [1.82, 2.24) is 10.7 Å². The third-order valence-electron chi connectivity index (χ3n) is 3.15. The van der Waals surface area contributed by atoms with Crippen molar-refractivity contribution in [2.24, 2.45) is 0 Å². The average molecular weight is 328 g/mol. The average Bonchev–Trinajstić information content (AvgIpc) is 2.68. The van der Waals surface area contributed by atoms with E-state index in [1.807, 2.05) is 57.3 Å². The minimum Gasteiger partial charge on any atom is -0.321 e. The molecule has 0 bridgehead atoms. The Morgan fingerprint density at radius 2 is 1.54 bits per heavy atom. The van der Waals surface area contributed by atoms with Crippen LogP contribution in [0.4, 0.5) is 5.69 Å². The Bertz CT molecular complexity index is 524. The SMILES string of the molecule is C=Cc1ccccc1NNCCNC.CC.CCc1ccccc1. The monoisotopic (exact) mass is 327 g/mol. The maximum atomic E-state index is 3.76. The van der Waals surface area contributed by atoms with Crippen LogP contribution in [0, 0.1) is 0 Å². The fraction of sp³-hybridized carbons (Fsp3) is 0.333. The summed E-state index contributed by atoms with van der Waals surface area (Å²) in [6, 6.07) is 18.5. The summed E-state index contributed by atoms with van der Waals surface area (Å²) in [7, 11) is 1.93. The van der Waals surface area contributed by atoms with Gasteiger partial charge in [0, 0.05) is 13.1 Å². The molecule has 0 heterocycles. The second kappa shape index (κ2) is 15.8. The number of nitrogens with one attached hydrogen (secondary N) is 3. The Hall–Kier alpha value is -2.10. The number of benzene rings is 2. The first-order valence-electron chi connectivity index (χ1n) is 8.70. The molecule has 132 valence electrons. The highest BCUT2D eigenvalue weighted by Crippen LogP contribution is 2.14. The van der Waals surface area contributed by atoms with Crippen molar-refractivity contribution in [3.8, 4) is 0 Å². The number of rotatable bonds is 7. The van der Waals surface area contributed by atoms with Gasteiger partial charge in [-0.1, -0.05) is 82.0 Å². The highest BCUT2D eigenvalue weighted by molar-refractivity contribution is 5.64. The van der Waals surface area contributed by atoms with Gasteiger partial charge in [0.05, 0.1) is 5.69 Å². The molecule has 0 saturated carbocycles. The van der Waals surface area contributed by atoms with Gasteiger partial charge in [0.15, 0.2) is 0 Å². The molecule has 2 aromatic rings. The maximum absolute atomic E-state index is 3.76. The van der Waals surface area contributed by atoms with Crippen LogP contribution >= 0.6 is 0 Å². The van der Waals surface area contributed by atoms with Gasteiger partial charge in [0.25, 0.3) is 0 Å². The molecule has 0 amide bonds. The van der Waals surface area contributed by atoms with E-state index >= 15 is 0 Å². The van der Waals surface area contributed by atoms with Crippen LogP contribution in [-0.2, 0) is 6.42 Å². The Morgan fingerprint density at radius 3 is 2.08 bits per heavy atom. The largest absolute Gasteiger partial charge is 0.321 e. The standard InChI is InChI=1S/C11H17N3.C8H10.C2H6/c1-3-10-6-4-5-7-11(10)14-13-9-8-12-2;1-2-8-6-4-3-5-7-8;1-2/h3-7,12-14H,1,8-9H2,2H3;3-7H,2H2,1H3;1-2H3. The predicted octanol–water partition coefficient (Wildman–Crippen LogP) is 4.74. The van der Waals surface area contributed by atoms with Gasteiger partial charge >= 0.3 is 0 Å². The lowest BCUT2D eigenvalue weighted by Crippen LogP contribution is -2.29. The third kappa shape index (κ3) is 9.82. The summed E-state index contributed by atoms with van der Waals surface area (Å²) >= 11 is 0. The van der Waals surface area contributed by atoms with E-state index in [1.54, 1.807) is 0 Å². The van der Waals surface area contributed by atoms with Crippen LogP contribution in [0.3, 0.4) is 0 Å². The van der Waals surface area contributed by atoms with Crippen LogP contribution in [0.1, 0.15) is 31.9 Å². The number of anilines is 1. The molecule has 2 rings (SSSR count). The first kappa shape index (κ1) is 21.9. The summed E-state index contributed by atoms with van der Waals surface area (Å²) in [6.45, 7) is 11.7. The van der Waals surface area contributed by atoms with E-state index < -0.39 is 0 Å². The first-order valence-corrected chi connectivity index (χ1v) is 8.70. The zero-order valence-corrected chi connectivity index (χ0v) is 15.6. The molecule has 0 atom stereocenters. The maximum Gasteiger partial charge on any atom is 0.0559 e. The van der Waals surface area contributed by atoms with E-state index in [4.69, 9.17) is 0 Å². The van der Waals surface area contributed by atoms with Crippen LogP contribution in [0.5, 0.6) is 0 Å². The molecule has 0 fully saturated rings. The van der Waals surface area contributed by atoms with Gasteiger partial charge in [-0.15, -0.1) is 0 Å². The van der Waals surface area contributed by atoms with Gasteiger partial charge in [-0.25, -0.2) is 5.43 Å². The second-order valence-corrected chi connectivity index (χ2v) is 4.79. The summed E-state index contributed by atoms with van der Waals surface area (Å²) in [5.74, 6) is 0. The fourth-order valence-electron chi connectivity index (χ4n) is 1.85. The molecule has 3 nitrogen and oxygen atoms in total. The highest BCUT2D eigenvalue weighted by atomic mass is 15.4. The van der Waals surface area contributed by atoms with E-state index in [0.29, 0.717) is 0 Å². The van der Waals surface area contributed by atoms with Crippen molar-refractivity contribution in [2.45, 2.75) is 27.2 Å². The van der Waals surface area contributed by atoms with Crippen molar-refractivity contribution < 1.29 is 0 Å². The topological polar surface area (TPSA) is 36.1 Å². The number of hydrogen-bond donors (Lipinski definition) is 3. The van der Waals surface area contributed by atoms with Crippen LogP contribution in [0.2, 0.25) is 0 Å². The second-order valence-electron chi connectivity index (χ2n) is 4.79. The van der Waals surface area contributed by atoms with Crippen molar-refractivity contribution in [3.05, 3.63) is 72.3 Å². The van der Waals surface area contributed by atoms with E-state index in [2.05, 4.69) is 53.9 Å². The van der Waals surface area contributed by atoms with Gasteiger partial charge in [0.2, 0.25) is 0 Å². The summed E-state index contributed by atoms with van der Waals surface area (Å²) < 4.78 is 0. The van der Waals surface area contributed by atoms with E-state index in [1.165, 1.54) is 5.56 Å². The molecule has 0 aliphatic heterocycles. The van der Waals surface area contributed by atoms with Crippen molar-refractivity contribution in [3.63, 3.8) is 0 Å². The molecule has 0 unspecified atom stereocenters. The molecule has 2 aromatic carbocycles. The van der Waals surface area contributed by atoms with Crippen LogP contribution in [-0.4, -0.2) is 20.1 Å². The normalized spacial score (nSPS) is 9.00. The summed E-state index contributed by atoms with van der Waals surface area (Å²) in [6.07, 6.45) is 2.98. The summed E-state index contributed by atoms with van der Waals surface area (Å²) in [4.78, 5) is 0. The van der Waals surface area contributed by atoms with Gasteiger partial charge in [-0.2, -0.15) is 0 Å².